The van der Waals surface area contributed by atoms with Crippen molar-refractivity contribution in [1.29, 1.82) is 0 Å². The molecule has 58 valence electrons. The van der Waals surface area contributed by atoms with Crippen molar-refractivity contribution in [2.45, 2.75) is 31.1 Å². The van der Waals surface area contributed by atoms with E-state index in [0.29, 0.717) is 12.3 Å². The molecule has 0 aliphatic heterocycles. The lowest BCUT2D eigenvalue weighted by Crippen LogP contribution is -2.18. The zero-order valence-corrected chi connectivity index (χ0v) is 6.60. The van der Waals surface area contributed by atoms with Crippen LogP contribution in [0.3, 0.4) is 0 Å². The van der Waals surface area contributed by atoms with Crippen LogP contribution in [0.25, 0.3) is 0 Å². The Bertz CT molecular complexity index is 138. The average Bonchev–Trinajstić information content (AvgIpc) is 2.15. The molecule has 2 N–H and O–H groups in total. The van der Waals surface area contributed by atoms with Gasteiger partial charge in [-0.2, -0.15) is 0 Å². The van der Waals surface area contributed by atoms with E-state index in [1.807, 2.05) is 0 Å². The zero-order valence-electron chi connectivity index (χ0n) is 5.85. The monoisotopic (exact) mass is 161 g/mol. The molecule has 0 saturated heterocycles. The van der Waals surface area contributed by atoms with Crippen molar-refractivity contribution in [2.75, 3.05) is 0 Å². The normalized spacial score (nSPS) is 32.5. The number of alkyl halides is 1. The highest BCUT2D eigenvalue weighted by Crippen LogP contribution is 2.31. The minimum absolute atomic E-state index is 0.187. The lowest BCUT2D eigenvalue weighted by molar-refractivity contribution is -0.118. The molecular formula is C7H12ClNO. The Labute approximate surface area is 65.7 Å². The minimum atomic E-state index is -0.224. The molecule has 1 aliphatic rings. The number of hydrogen-bond acceptors (Lipinski definition) is 1. The number of carbonyl (C=O) groups is 1. The van der Waals surface area contributed by atoms with Crippen LogP contribution in [0.15, 0.2) is 0 Å². The average molecular weight is 162 g/mol. The van der Waals surface area contributed by atoms with Crippen LogP contribution in [0.1, 0.15) is 25.7 Å². The summed E-state index contributed by atoms with van der Waals surface area (Å²) in [6, 6.07) is 0. The third-order valence-electron chi connectivity index (χ3n) is 2.03. The number of halogens is 1. The van der Waals surface area contributed by atoms with E-state index in [1.165, 1.54) is 0 Å². The molecular weight excluding hydrogens is 150 g/mol. The smallest absolute Gasteiger partial charge is 0.217 e. The summed E-state index contributed by atoms with van der Waals surface area (Å²) in [5.41, 5.74) is 5.04. The van der Waals surface area contributed by atoms with Crippen LogP contribution >= 0.6 is 11.6 Å². The molecule has 0 bridgehead atoms. The number of carbonyl (C=O) groups excluding carboxylic acids is 1. The van der Waals surface area contributed by atoms with E-state index >= 15 is 0 Å². The van der Waals surface area contributed by atoms with Crippen molar-refractivity contribution in [3.63, 3.8) is 0 Å². The van der Waals surface area contributed by atoms with E-state index in [-0.39, 0.29) is 11.3 Å². The van der Waals surface area contributed by atoms with Crippen LogP contribution in [-0.4, -0.2) is 11.3 Å². The molecule has 1 amide bonds. The highest BCUT2D eigenvalue weighted by Gasteiger charge is 2.26. The second kappa shape index (κ2) is 3.24. The van der Waals surface area contributed by atoms with Gasteiger partial charge in [-0.1, -0.05) is 6.42 Å². The molecule has 1 fully saturated rings. The highest BCUT2D eigenvalue weighted by molar-refractivity contribution is 6.21. The first-order valence-corrected chi connectivity index (χ1v) is 4.06. The number of hydrogen-bond donors (Lipinski definition) is 1. The van der Waals surface area contributed by atoms with Gasteiger partial charge in [0.1, 0.15) is 0 Å². The summed E-state index contributed by atoms with van der Waals surface area (Å²) in [4.78, 5) is 10.5. The van der Waals surface area contributed by atoms with Crippen LogP contribution in [-0.2, 0) is 4.79 Å². The van der Waals surface area contributed by atoms with Crippen LogP contribution in [0, 0.1) is 5.92 Å². The van der Waals surface area contributed by atoms with E-state index in [2.05, 4.69) is 0 Å². The fraction of sp³-hybridized carbons (Fsp3) is 0.857. The minimum Gasteiger partial charge on any atom is -0.370 e. The Morgan fingerprint density at radius 1 is 1.60 bits per heavy atom. The van der Waals surface area contributed by atoms with E-state index in [9.17, 15) is 4.79 Å². The predicted molar refractivity (Wildman–Crippen MR) is 40.8 cm³/mol. The quantitative estimate of drug-likeness (QED) is 0.609. The van der Waals surface area contributed by atoms with Gasteiger partial charge in [-0.3, -0.25) is 4.79 Å². The largest absolute Gasteiger partial charge is 0.370 e. The molecule has 1 saturated carbocycles. The fourth-order valence-corrected chi connectivity index (χ4v) is 1.85. The van der Waals surface area contributed by atoms with Gasteiger partial charge in [0.25, 0.3) is 0 Å². The highest BCUT2D eigenvalue weighted by atomic mass is 35.5. The molecule has 0 spiro atoms. The number of primary amides is 1. The summed E-state index contributed by atoms with van der Waals surface area (Å²) in [5, 5.41) is 0.187. The molecule has 2 nitrogen and oxygen atoms in total. The first-order chi connectivity index (χ1) is 4.70. The maximum Gasteiger partial charge on any atom is 0.217 e. The molecule has 3 heteroatoms. The molecule has 0 aromatic carbocycles. The maximum absolute atomic E-state index is 10.5. The fourth-order valence-electron chi connectivity index (χ4n) is 1.48. The van der Waals surface area contributed by atoms with E-state index in [4.69, 9.17) is 17.3 Å². The van der Waals surface area contributed by atoms with E-state index in [1.54, 1.807) is 0 Å². The summed E-state index contributed by atoms with van der Waals surface area (Å²) in [5.74, 6) is 0.122. The molecule has 0 radical (unpaired) electrons. The standard InChI is InChI=1S/C7H12ClNO/c8-6-3-1-2-5(6)4-7(9)10/h5-6H,1-4H2,(H2,9,10). The molecule has 0 heterocycles. The summed E-state index contributed by atoms with van der Waals surface area (Å²) >= 11 is 5.91. The number of rotatable bonds is 2. The lowest BCUT2D eigenvalue weighted by atomic mass is 10.0. The van der Waals surface area contributed by atoms with Crippen molar-refractivity contribution in [3.05, 3.63) is 0 Å². The van der Waals surface area contributed by atoms with Gasteiger partial charge in [0.05, 0.1) is 0 Å². The molecule has 2 atom stereocenters. The Balaban J connectivity index is 2.33. The van der Waals surface area contributed by atoms with Gasteiger partial charge in [0.2, 0.25) is 5.91 Å². The third-order valence-corrected chi connectivity index (χ3v) is 2.60. The Kier molecular flexibility index (Phi) is 2.55. The maximum atomic E-state index is 10.5. The third kappa shape index (κ3) is 1.87. The second-order valence-electron chi connectivity index (χ2n) is 2.88. The van der Waals surface area contributed by atoms with Crippen LogP contribution < -0.4 is 5.73 Å². The van der Waals surface area contributed by atoms with E-state index in [0.717, 1.165) is 19.3 Å². The van der Waals surface area contributed by atoms with Gasteiger partial charge in [0.15, 0.2) is 0 Å². The first kappa shape index (κ1) is 7.86. The van der Waals surface area contributed by atoms with Crippen molar-refractivity contribution < 1.29 is 4.79 Å². The molecule has 1 aliphatic carbocycles. The first-order valence-electron chi connectivity index (χ1n) is 3.62. The molecule has 2 unspecified atom stereocenters. The van der Waals surface area contributed by atoms with Crippen molar-refractivity contribution in [2.24, 2.45) is 11.7 Å². The van der Waals surface area contributed by atoms with Gasteiger partial charge in [-0.05, 0) is 18.8 Å². The lowest BCUT2D eigenvalue weighted by Gasteiger charge is -2.09. The molecule has 10 heavy (non-hydrogen) atoms. The predicted octanol–water partition coefficient (Wildman–Crippen LogP) is 1.27. The second-order valence-corrected chi connectivity index (χ2v) is 3.44. The summed E-state index contributed by atoms with van der Waals surface area (Å²) in [6.07, 6.45) is 3.72. The Hall–Kier alpha value is -0.240. The molecule has 1 rings (SSSR count). The van der Waals surface area contributed by atoms with Gasteiger partial charge >= 0.3 is 0 Å². The van der Waals surface area contributed by atoms with Gasteiger partial charge in [-0.15, -0.1) is 11.6 Å². The SMILES string of the molecule is NC(=O)CC1CCCC1Cl. The van der Waals surface area contributed by atoms with Crippen molar-refractivity contribution >= 4 is 17.5 Å². The molecule has 0 aromatic rings. The van der Waals surface area contributed by atoms with Gasteiger partial charge in [-0.25, -0.2) is 0 Å². The van der Waals surface area contributed by atoms with Gasteiger partial charge < -0.3 is 5.73 Å². The summed E-state index contributed by atoms with van der Waals surface area (Å²) in [6.45, 7) is 0. The van der Waals surface area contributed by atoms with Crippen molar-refractivity contribution in [1.82, 2.24) is 0 Å². The Morgan fingerprint density at radius 3 is 2.70 bits per heavy atom. The Morgan fingerprint density at radius 2 is 2.30 bits per heavy atom. The number of nitrogens with two attached hydrogens (primary N) is 1. The molecule has 0 aromatic heterocycles. The zero-order chi connectivity index (χ0) is 7.56. The summed E-state index contributed by atoms with van der Waals surface area (Å²) < 4.78 is 0. The topological polar surface area (TPSA) is 43.1 Å². The van der Waals surface area contributed by atoms with Crippen molar-refractivity contribution in [3.8, 4) is 0 Å². The van der Waals surface area contributed by atoms with Gasteiger partial charge in [0, 0.05) is 11.8 Å². The van der Waals surface area contributed by atoms with Crippen LogP contribution in [0.5, 0.6) is 0 Å². The van der Waals surface area contributed by atoms with Crippen LogP contribution in [0.2, 0.25) is 0 Å². The van der Waals surface area contributed by atoms with Crippen LogP contribution in [0.4, 0.5) is 0 Å². The summed E-state index contributed by atoms with van der Waals surface area (Å²) in [7, 11) is 0. The number of amides is 1. The van der Waals surface area contributed by atoms with E-state index < -0.39 is 0 Å².